The number of rotatable bonds is 2. The van der Waals surface area contributed by atoms with E-state index >= 15 is 0 Å². The molecule has 1 aromatic carbocycles. The quantitative estimate of drug-likeness (QED) is 0.883. The lowest BCUT2D eigenvalue weighted by molar-refractivity contribution is 0.309. The van der Waals surface area contributed by atoms with Gasteiger partial charge in [0.25, 0.3) is 0 Å². The van der Waals surface area contributed by atoms with E-state index < -0.39 is 5.76 Å². The number of nitrogens with one attached hydrogen (secondary N) is 1. The summed E-state index contributed by atoms with van der Waals surface area (Å²) < 4.78 is 4.70. The molecule has 1 heterocycles. The number of hydrogen-bond acceptors (Lipinski definition) is 3. The molecule has 1 aliphatic carbocycles. The van der Waals surface area contributed by atoms with E-state index in [0.29, 0.717) is 5.82 Å². The molecule has 1 N–H and O–H groups in total. The summed E-state index contributed by atoms with van der Waals surface area (Å²) >= 11 is 0. The molecule has 18 heavy (non-hydrogen) atoms. The topological polar surface area (TPSA) is 58.9 Å². The van der Waals surface area contributed by atoms with Crippen molar-refractivity contribution in [2.75, 3.05) is 0 Å². The first kappa shape index (κ1) is 11.3. The summed E-state index contributed by atoms with van der Waals surface area (Å²) in [5, 5.41) is 3.94. The number of aromatic nitrogens is 2. The summed E-state index contributed by atoms with van der Waals surface area (Å²) in [5.41, 5.74) is 1.04. The Balaban J connectivity index is 2.12. The predicted octanol–water partition coefficient (Wildman–Crippen LogP) is 2.61. The normalized spacial score (nSPS) is 18.7. The van der Waals surface area contributed by atoms with Gasteiger partial charge in [-0.15, -0.1) is 0 Å². The molecule has 1 aliphatic rings. The zero-order valence-electron chi connectivity index (χ0n) is 10.2. The van der Waals surface area contributed by atoms with Gasteiger partial charge in [-0.05, 0) is 18.4 Å². The van der Waals surface area contributed by atoms with Crippen molar-refractivity contribution >= 4 is 0 Å². The zero-order chi connectivity index (χ0) is 12.4. The summed E-state index contributed by atoms with van der Waals surface area (Å²) in [7, 11) is 0. The number of benzene rings is 1. The summed E-state index contributed by atoms with van der Waals surface area (Å²) in [6.07, 6.45) is 5.59. The first-order valence-corrected chi connectivity index (χ1v) is 6.43. The lowest BCUT2D eigenvalue weighted by atomic mass is 9.69. The highest BCUT2D eigenvalue weighted by Gasteiger charge is 2.39. The minimum Gasteiger partial charge on any atom is -0.296 e. The fourth-order valence-corrected chi connectivity index (χ4v) is 3.01. The third kappa shape index (κ3) is 1.78. The highest BCUT2D eigenvalue weighted by molar-refractivity contribution is 5.32. The highest BCUT2D eigenvalue weighted by Crippen LogP contribution is 2.42. The van der Waals surface area contributed by atoms with Gasteiger partial charge in [0, 0.05) is 0 Å². The van der Waals surface area contributed by atoms with Crippen LogP contribution in [-0.2, 0) is 5.41 Å². The monoisotopic (exact) mass is 244 g/mol. The van der Waals surface area contributed by atoms with Gasteiger partial charge in [0.2, 0.25) is 0 Å². The molecule has 94 valence electrons. The Morgan fingerprint density at radius 1 is 1.11 bits per heavy atom. The number of hydrogen-bond donors (Lipinski definition) is 1. The Labute approximate surface area is 105 Å². The molecule has 1 saturated carbocycles. The second-order valence-electron chi connectivity index (χ2n) is 4.95. The van der Waals surface area contributed by atoms with Crippen LogP contribution in [0.5, 0.6) is 0 Å². The number of aromatic amines is 1. The van der Waals surface area contributed by atoms with Gasteiger partial charge in [0.05, 0.1) is 5.41 Å². The van der Waals surface area contributed by atoms with Gasteiger partial charge in [-0.1, -0.05) is 54.8 Å². The standard InChI is InChI=1S/C14H16N2O2/c17-13-15-12(16-18-13)14(9-5-2-6-10-14)11-7-3-1-4-8-11/h1,3-4,7-8H,2,5-6,9-10H2,(H,15,16,17). The molecule has 3 rings (SSSR count). The fraction of sp³-hybridized carbons (Fsp3) is 0.429. The molecule has 1 aromatic heterocycles. The van der Waals surface area contributed by atoms with E-state index in [4.69, 9.17) is 4.52 Å². The second kappa shape index (κ2) is 4.44. The average Bonchev–Trinajstić information content (AvgIpc) is 2.88. The maximum atomic E-state index is 11.2. The number of nitrogens with zero attached hydrogens (tertiary/aromatic N) is 1. The average molecular weight is 244 g/mol. The molecule has 0 aliphatic heterocycles. The molecule has 4 heteroatoms. The molecule has 4 nitrogen and oxygen atoms in total. The van der Waals surface area contributed by atoms with Crippen molar-refractivity contribution in [3.63, 3.8) is 0 Å². The Hall–Kier alpha value is -1.84. The summed E-state index contributed by atoms with van der Waals surface area (Å²) in [6, 6.07) is 10.3. The SMILES string of the molecule is O=c1[nH]c(C2(c3ccccc3)CCCCC2)no1. The first-order chi connectivity index (χ1) is 8.81. The molecular weight excluding hydrogens is 228 g/mol. The van der Waals surface area contributed by atoms with Crippen molar-refractivity contribution < 1.29 is 4.52 Å². The van der Waals surface area contributed by atoms with E-state index in [2.05, 4.69) is 22.3 Å². The van der Waals surface area contributed by atoms with E-state index in [9.17, 15) is 4.79 Å². The van der Waals surface area contributed by atoms with Crippen LogP contribution < -0.4 is 5.76 Å². The van der Waals surface area contributed by atoms with Crippen molar-refractivity contribution in [3.05, 3.63) is 52.3 Å². The third-order valence-corrected chi connectivity index (χ3v) is 3.93. The highest BCUT2D eigenvalue weighted by atomic mass is 16.5. The molecule has 1 fully saturated rings. The zero-order valence-corrected chi connectivity index (χ0v) is 10.2. The molecular formula is C14H16N2O2. The van der Waals surface area contributed by atoms with Crippen LogP contribution >= 0.6 is 0 Å². The Morgan fingerprint density at radius 3 is 2.44 bits per heavy atom. The molecule has 0 amide bonds. The maximum Gasteiger partial charge on any atom is 0.438 e. The first-order valence-electron chi connectivity index (χ1n) is 6.43. The van der Waals surface area contributed by atoms with E-state index in [1.807, 2.05) is 18.2 Å². The van der Waals surface area contributed by atoms with Crippen molar-refractivity contribution in [1.29, 1.82) is 0 Å². The predicted molar refractivity (Wildman–Crippen MR) is 67.4 cm³/mol. The van der Waals surface area contributed by atoms with E-state index in [1.54, 1.807) is 0 Å². The van der Waals surface area contributed by atoms with Gasteiger partial charge in [-0.2, -0.15) is 0 Å². The lowest BCUT2D eigenvalue weighted by Crippen LogP contribution is -2.32. The van der Waals surface area contributed by atoms with Gasteiger partial charge < -0.3 is 0 Å². The molecule has 0 saturated heterocycles. The van der Waals surface area contributed by atoms with Gasteiger partial charge in [-0.25, -0.2) is 4.79 Å². The van der Waals surface area contributed by atoms with Gasteiger partial charge >= 0.3 is 5.76 Å². The molecule has 0 radical (unpaired) electrons. The Bertz CT molecular complexity index is 565. The van der Waals surface area contributed by atoms with Gasteiger partial charge in [-0.3, -0.25) is 9.51 Å². The van der Waals surface area contributed by atoms with Crippen LogP contribution in [0.1, 0.15) is 43.5 Å². The molecule has 0 bridgehead atoms. The molecule has 0 unspecified atom stereocenters. The summed E-state index contributed by atoms with van der Waals surface area (Å²) in [5.74, 6) is 0.212. The summed E-state index contributed by atoms with van der Waals surface area (Å²) in [4.78, 5) is 14.0. The van der Waals surface area contributed by atoms with Crippen molar-refractivity contribution in [3.8, 4) is 0 Å². The minimum absolute atomic E-state index is 0.175. The Kier molecular flexibility index (Phi) is 2.78. The second-order valence-corrected chi connectivity index (χ2v) is 4.95. The van der Waals surface area contributed by atoms with Crippen LogP contribution in [0, 0.1) is 0 Å². The van der Waals surface area contributed by atoms with Crippen LogP contribution in [-0.4, -0.2) is 10.1 Å². The van der Waals surface area contributed by atoms with Crippen LogP contribution in [0.4, 0.5) is 0 Å². The Morgan fingerprint density at radius 2 is 1.83 bits per heavy atom. The van der Waals surface area contributed by atoms with Crippen LogP contribution in [0.3, 0.4) is 0 Å². The molecule has 2 aromatic rings. The van der Waals surface area contributed by atoms with Crippen molar-refractivity contribution in [2.45, 2.75) is 37.5 Å². The van der Waals surface area contributed by atoms with E-state index in [-0.39, 0.29) is 5.41 Å². The van der Waals surface area contributed by atoms with Crippen LogP contribution in [0.25, 0.3) is 0 Å². The molecule has 0 spiro atoms. The molecule has 0 atom stereocenters. The fourth-order valence-electron chi connectivity index (χ4n) is 3.01. The van der Waals surface area contributed by atoms with Crippen molar-refractivity contribution in [1.82, 2.24) is 10.1 Å². The minimum atomic E-state index is -0.467. The summed E-state index contributed by atoms with van der Waals surface area (Å²) in [6.45, 7) is 0. The van der Waals surface area contributed by atoms with Crippen LogP contribution in [0.2, 0.25) is 0 Å². The van der Waals surface area contributed by atoms with E-state index in [1.165, 1.54) is 12.0 Å². The largest absolute Gasteiger partial charge is 0.438 e. The van der Waals surface area contributed by atoms with E-state index in [0.717, 1.165) is 25.7 Å². The lowest BCUT2D eigenvalue weighted by Gasteiger charge is -2.35. The third-order valence-electron chi connectivity index (χ3n) is 3.93. The van der Waals surface area contributed by atoms with Crippen LogP contribution in [0.15, 0.2) is 39.6 Å². The van der Waals surface area contributed by atoms with Gasteiger partial charge in [0.15, 0.2) is 5.82 Å². The van der Waals surface area contributed by atoms with Gasteiger partial charge in [0.1, 0.15) is 0 Å². The number of H-pyrrole nitrogens is 1. The van der Waals surface area contributed by atoms with Crippen molar-refractivity contribution in [2.24, 2.45) is 0 Å². The maximum absolute atomic E-state index is 11.2. The smallest absolute Gasteiger partial charge is 0.296 e.